The van der Waals surface area contributed by atoms with Gasteiger partial charge < -0.3 is 0 Å². The van der Waals surface area contributed by atoms with Crippen molar-refractivity contribution in [2.24, 2.45) is 16.2 Å². The van der Waals surface area contributed by atoms with Gasteiger partial charge in [-0.05, 0) is 23.7 Å². The second-order valence-corrected chi connectivity index (χ2v) is 7.02. The van der Waals surface area contributed by atoms with Crippen LogP contribution in [0.1, 0.15) is 54.9 Å². The Kier molecular flexibility index (Phi) is 3.43. The summed E-state index contributed by atoms with van der Waals surface area (Å²) in [6.07, 6.45) is 10.5. The fourth-order valence-corrected chi connectivity index (χ4v) is 2.38. The van der Waals surface area contributed by atoms with Crippen LogP contribution in [0, 0.1) is 22.7 Å². The summed E-state index contributed by atoms with van der Waals surface area (Å²) in [5.74, 6) is 0. The molecule has 1 aliphatic carbocycles. The highest BCUT2D eigenvalue weighted by atomic mass is 14.4. The molecule has 0 spiro atoms. The zero-order valence-corrected chi connectivity index (χ0v) is 12.0. The highest BCUT2D eigenvalue weighted by molar-refractivity contribution is 5.37. The van der Waals surface area contributed by atoms with E-state index < -0.39 is 0 Å². The van der Waals surface area contributed by atoms with Gasteiger partial charge in [0, 0.05) is 5.41 Å². The van der Waals surface area contributed by atoms with Gasteiger partial charge in [-0.2, -0.15) is 0 Å². The number of hydrogen-bond donors (Lipinski definition) is 0. The maximum absolute atomic E-state index is 2.49. The molecule has 0 nitrogen and oxygen atoms in total. The van der Waals surface area contributed by atoms with Crippen molar-refractivity contribution in [2.45, 2.75) is 54.9 Å². The van der Waals surface area contributed by atoms with Gasteiger partial charge >= 0.3 is 0 Å². The van der Waals surface area contributed by atoms with Gasteiger partial charge in [0.25, 0.3) is 0 Å². The van der Waals surface area contributed by atoms with E-state index in [9.17, 15) is 0 Å². The van der Waals surface area contributed by atoms with E-state index in [1.807, 2.05) is 0 Å². The van der Waals surface area contributed by atoms with E-state index in [0.717, 1.165) is 0 Å². The Morgan fingerprint density at radius 2 is 1.62 bits per heavy atom. The summed E-state index contributed by atoms with van der Waals surface area (Å²) >= 11 is 0. The van der Waals surface area contributed by atoms with E-state index in [0.29, 0.717) is 0 Å². The lowest BCUT2D eigenvalue weighted by atomic mass is 9.58. The molecule has 16 heavy (non-hydrogen) atoms. The van der Waals surface area contributed by atoms with E-state index in [2.05, 4.69) is 73.1 Å². The monoisotopic (exact) mass is 219 g/mol. The lowest BCUT2D eigenvalue weighted by Gasteiger charge is -2.46. The standard InChI is InChI=1S/C16H27/c1-8-16(15(5,6)7)11-9-10-13(12-16)14(2,3)4/h9-12H,8H2,1-7H3. The molecule has 1 rings (SSSR count). The van der Waals surface area contributed by atoms with Crippen LogP contribution in [0.5, 0.6) is 0 Å². The Labute approximate surface area is 102 Å². The fraction of sp³-hybridized carbons (Fsp3) is 0.688. The van der Waals surface area contributed by atoms with Gasteiger partial charge in [0.05, 0.1) is 0 Å². The summed E-state index contributed by atoms with van der Waals surface area (Å²) in [5, 5.41) is 0. The van der Waals surface area contributed by atoms with E-state index in [4.69, 9.17) is 0 Å². The lowest BCUT2D eigenvalue weighted by molar-refractivity contribution is 0.175. The maximum atomic E-state index is 2.49. The van der Waals surface area contributed by atoms with Crippen LogP contribution in [0.15, 0.2) is 23.8 Å². The van der Waals surface area contributed by atoms with E-state index in [1.54, 1.807) is 0 Å². The smallest absolute Gasteiger partial charge is 0.000251 e. The number of allylic oxidation sites excluding steroid dienone is 4. The van der Waals surface area contributed by atoms with Crippen LogP contribution in [0.2, 0.25) is 0 Å². The molecule has 0 fully saturated rings. The lowest BCUT2D eigenvalue weighted by Crippen LogP contribution is -2.37. The SMILES string of the molecule is CCC1(C(C)(C)C)[CH]C(C(C)(C)C)=CC=C1. The summed E-state index contributed by atoms with van der Waals surface area (Å²) in [5.41, 5.74) is 2.20. The quantitative estimate of drug-likeness (QED) is 0.570. The molecule has 0 aromatic rings. The Morgan fingerprint density at radius 3 is 2.00 bits per heavy atom. The summed E-state index contributed by atoms with van der Waals surface area (Å²) < 4.78 is 0. The first-order valence-corrected chi connectivity index (χ1v) is 6.38. The second-order valence-electron chi connectivity index (χ2n) is 7.02. The van der Waals surface area contributed by atoms with Gasteiger partial charge in [-0.15, -0.1) is 0 Å². The van der Waals surface area contributed by atoms with Gasteiger partial charge in [-0.25, -0.2) is 0 Å². The third-order valence-electron chi connectivity index (χ3n) is 3.93. The molecular weight excluding hydrogens is 192 g/mol. The molecule has 1 unspecified atom stereocenters. The molecule has 0 aromatic carbocycles. The molecule has 0 N–H and O–H groups in total. The van der Waals surface area contributed by atoms with Gasteiger partial charge in [0.1, 0.15) is 0 Å². The molecule has 1 atom stereocenters. The first-order valence-electron chi connectivity index (χ1n) is 6.38. The fourth-order valence-electron chi connectivity index (χ4n) is 2.38. The van der Waals surface area contributed by atoms with Crippen molar-refractivity contribution in [2.75, 3.05) is 0 Å². The molecule has 0 aromatic heterocycles. The van der Waals surface area contributed by atoms with Crippen molar-refractivity contribution in [3.05, 3.63) is 30.2 Å². The van der Waals surface area contributed by atoms with Gasteiger partial charge in [0.2, 0.25) is 0 Å². The van der Waals surface area contributed by atoms with E-state index in [1.165, 1.54) is 12.0 Å². The minimum Gasteiger partial charge on any atom is -0.0772 e. The number of hydrogen-bond acceptors (Lipinski definition) is 0. The predicted octanol–water partition coefficient (Wildman–Crippen LogP) is 5.18. The zero-order chi connectivity index (χ0) is 12.6. The Balaban J connectivity index is 3.06. The van der Waals surface area contributed by atoms with Crippen molar-refractivity contribution >= 4 is 0 Å². The Morgan fingerprint density at radius 1 is 1.06 bits per heavy atom. The van der Waals surface area contributed by atoms with Gasteiger partial charge in [0.15, 0.2) is 0 Å². The summed E-state index contributed by atoms with van der Waals surface area (Å²) in [7, 11) is 0. The van der Waals surface area contributed by atoms with E-state index in [-0.39, 0.29) is 16.2 Å². The van der Waals surface area contributed by atoms with Gasteiger partial charge in [-0.3, -0.25) is 0 Å². The first-order chi connectivity index (χ1) is 7.12. The van der Waals surface area contributed by atoms with Crippen LogP contribution in [-0.2, 0) is 0 Å². The van der Waals surface area contributed by atoms with Crippen LogP contribution in [0.25, 0.3) is 0 Å². The van der Waals surface area contributed by atoms with Crippen LogP contribution in [-0.4, -0.2) is 0 Å². The van der Waals surface area contributed by atoms with Crippen molar-refractivity contribution in [1.82, 2.24) is 0 Å². The highest BCUT2D eigenvalue weighted by Gasteiger charge is 2.41. The second kappa shape index (κ2) is 4.05. The Bertz CT molecular complexity index is 304. The summed E-state index contributed by atoms with van der Waals surface area (Å²) in [4.78, 5) is 0. The molecule has 1 radical (unpaired) electrons. The van der Waals surface area contributed by atoms with Crippen LogP contribution < -0.4 is 0 Å². The van der Waals surface area contributed by atoms with E-state index >= 15 is 0 Å². The average molecular weight is 219 g/mol. The molecule has 0 heterocycles. The topological polar surface area (TPSA) is 0 Å². The van der Waals surface area contributed by atoms with Crippen LogP contribution in [0.4, 0.5) is 0 Å². The Hall–Kier alpha value is -0.520. The molecule has 1 aliphatic rings. The molecule has 91 valence electrons. The molecule has 0 heteroatoms. The zero-order valence-electron chi connectivity index (χ0n) is 12.0. The highest BCUT2D eigenvalue weighted by Crippen LogP contribution is 2.50. The van der Waals surface area contributed by atoms with Crippen molar-refractivity contribution in [3.8, 4) is 0 Å². The van der Waals surface area contributed by atoms with Gasteiger partial charge in [-0.1, -0.05) is 72.3 Å². The summed E-state index contributed by atoms with van der Waals surface area (Å²) in [6.45, 7) is 16.2. The van der Waals surface area contributed by atoms with Crippen LogP contribution in [0.3, 0.4) is 0 Å². The van der Waals surface area contributed by atoms with Crippen molar-refractivity contribution in [1.29, 1.82) is 0 Å². The minimum atomic E-state index is 0.213. The normalized spacial score (nSPS) is 26.8. The maximum Gasteiger partial charge on any atom is 0.000251 e. The summed E-state index contributed by atoms with van der Waals surface area (Å²) in [6, 6.07) is 0. The molecular formula is C16H27. The first kappa shape index (κ1) is 13.5. The third kappa shape index (κ3) is 2.42. The molecule has 0 amide bonds. The third-order valence-corrected chi connectivity index (χ3v) is 3.93. The molecule has 0 saturated heterocycles. The van der Waals surface area contributed by atoms with Crippen LogP contribution >= 0.6 is 0 Å². The number of rotatable bonds is 1. The molecule has 0 saturated carbocycles. The largest absolute Gasteiger partial charge is 0.0772 e. The van der Waals surface area contributed by atoms with Crippen molar-refractivity contribution < 1.29 is 0 Å². The molecule has 0 aliphatic heterocycles. The average Bonchev–Trinajstić information content (AvgIpc) is 2.15. The van der Waals surface area contributed by atoms with Crippen molar-refractivity contribution in [3.63, 3.8) is 0 Å². The minimum absolute atomic E-state index is 0.213. The molecule has 0 bridgehead atoms. The predicted molar refractivity (Wildman–Crippen MR) is 73.2 cm³/mol.